The number of amides is 1. The maximum atomic E-state index is 11.3. The van der Waals surface area contributed by atoms with Gasteiger partial charge in [0.15, 0.2) is 0 Å². The van der Waals surface area contributed by atoms with Gasteiger partial charge in [0, 0.05) is 28.4 Å². The molecule has 0 radical (unpaired) electrons. The van der Waals surface area contributed by atoms with Gasteiger partial charge in [-0.3, -0.25) is 0 Å². The number of methoxy groups -OCH3 is 3. The van der Waals surface area contributed by atoms with E-state index in [2.05, 4.69) is 5.32 Å². The Bertz CT molecular complexity index is 274. The van der Waals surface area contributed by atoms with E-state index in [0.29, 0.717) is 0 Å². The molecule has 0 aliphatic carbocycles. The summed E-state index contributed by atoms with van der Waals surface area (Å²) in [5.41, 5.74) is 0. The van der Waals surface area contributed by atoms with Gasteiger partial charge in [-0.2, -0.15) is 0 Å². The molecule has 1 heterocycles. The molecule has 5 atom stereocenters. The summed E-state index contributed by atoms with van der Waals surface area (Å²) >= 11 is 0. The second-order valence-electron chi connectivity index (χ2n) is 3.97. The maximum Gasteiger partial charge on any atom is 0.409 e. The van der Waals surface area contributed by atoms with Crippen LogP contribution in [0.3, 0.4) is 0 Å². The average Bonchev–Trinajstić information content (AvgIpc) is 2.37. The lowest BCUT2D eigenvalue weighted by Crippen LogP contribution is -2.60. The molecule has 18 heavy (non-hydrogen) atoms. The fourth-order valence-corrected chi connectivity index (χ4v) is 2.07. The molecule has 1 amide bonds. The standard InChI is InChI=1S/C11H21NO6/c1-6-7(14-3)8(15-4)9(16-5)10(17-6)18-11(13)12-2/h6-10H,1-5H3,(H,12,13)/t6-,7-,8+,9+,10-/m0/s1. The molecule has 0 unspecified atom stereocenters. The summed E-state index contributed by atoms with van der Waals surface area (Å²) in [6, 6.07) is 0. The molecule has 0 saturated carbocycles. The summed E-state index contributed by atoms with van der Waals surface area (Å²) in [5, 5.41) is 2.36. The van der Waals surface area contributed by atoms with Crippen molar-refractivity contribution in [2.45, 2.75) is 37.6 Å². The van der Waals surface area contributed by atoms with E-state index in [1.54, 1.807) is 14.2 Å². The number of hydrogen-bond acceptors (Lipinski definition) is 6. The molecule has 1 saturated heterocycles. The zero-order chi connectivity index (χ0) is 13.7. The van der Waals surface area contributed by atoms with Crippen LogP contribution in [-0.2, 0) is 23.7 Å². The highest BCUT2D eigenvalue weighted by atomic mass is 16.7. The molecular weight excluding hydrogens is 242 g/mol. The number of carbonyl (C=O) groups is 1. The molecule has 7 heteroatoms. The molecule has 1 fully saturated rings. The second kappa shape index (κ2) is 6.89. The first kappa shape index (κ1) is 15.2. The fraction of sp³-hybridized carbons (Fsp3) is 0.909. The van der Waals surface area contributed by atoms with Gasteiger partial charge < -0.3 is 29.0 Å². The topological polar surface area (TPSA) is 75.3 Å². The van der Waals surface area contributed by atoms with E-state index in [1.807, 2.05) is 6.92 Å². The number of nitrogens with one attached hydrogen (secondary N) is 1. The van der Waals surface area contributed by atoms with Gasteiger partial charge in [-0.1, -0.05) is 0 Å². The molecule has 7 nitrogen and oxygen atoms in total. The van der Waals surface area contributed by atoms with Gasteiger partial charge in [0.1, 0.15) is 18.3 Å². The molecule has 106 valence electrons. The fourth-order valence-electron chi connectivity index (χ4n) is 2.07. The van der Waals surface area contributed by atoms with Crippen molar-refractivity contribution in [2.24, 2.45) is 0 Å². The number of alkyl carbamates (subject to hydrolysis) is 1. The van der Waals surface area contributed by atoms with Crippen LogP contribution in [0.25, 0.3) is 0 Å². The van der Waals surface area contributed by atoms with Crippen molar-refractivity contribution in [1.82, 2.24) is 5.32 Å². The summed E-state index contributed by atoms with van der Waals surface area (Å²) < 4.78 is 26.7. The molecule has 0 spiro atoms. The number of rotatable bonds is 4. The molecule has 0 bridgehead atoms. The Labute approximate surface area is 107 Å². The van der Waals surface area contributed by atoms with E-state index < -0.39 is 18.5 Å². The van der Waals surface area contributed by atoms with Crippen LogP contribution in [0.4, 0.5) is 4.79 Å². The minimum absolute atomic E-state index is 0.277. The van der Waals surface area contributed by atoms with Crippen LogP contribution in [0.15, 0.2) is 0 Å². The van der Waals surface area contributed by atoms with Crippen LogP contribution in [0.5, 0.6) is 0 Å². The zero-order valence-electron chi connectivity index (χ0n) is 11.3. The molecule has 1 aliphatic heterocycles. The molecule has 0 aromatic heterocycles. The van der Waals surface area contributed by atoms with Crippen molar-refractivity contribution in [3.05, 3.63) is 0 Å². The van der Waals surface area contributed by atoms with E-state index in [9.17, 15) is 4.79 Å². The molecular formula is C11H21NO6. The highest BCUT2D eigenvalue weighted by Crippen LogP contribution is 2.27. The van der Waals surface area contributed by atoms with Crippen molar-refractivity contribution in [3.63, 3.8) is 0 Å². The zero-order valence-corrected chi connectivity index (χ0v) is 11.3. The molecule has 0 aromatic carbocycles. The van der Waals surface area contributed by atoms with Gasteiger partial charge >= 0.3 is 6.09 Å². The monoisotopic (exact) mass is 263 g/mol. The SMILES string of the molecule is CNC(=O)O[C@@H]1O[C@@H](C)[C@H](OC)[C@@H](OC)[C@H]1OC. The van der Waals surface area contributed by atoms with E-state index in [-0.39, 0.29) is 18.3 Å². The third-order valence-electron chi connectivity index (χ3n) is 2.97. The Kier molecular flexibility index (Phi) is 5.80. The predicted octanol–water partition coefficient (Wildman–Crippen LogP) is 0.132. The first-order chi connectivity index (χ1) is 8.58. The predicted molar refractivity (Wildman–Crippen MR) is 62.3 cm³/mol. The quantitative estimate of drug-likeness (QED) is 0.777. The lowest BCUT2D eigenvalue weighted by Gasteiger charge is -2.43. The third-order valence-corrected chi connectivity index (χ3v) is 2.97. The normalized spacial score (nSPS) is 36.2. The Morgan fingerprint density at radius 3 is 2.06 bits per heavy atom. The molecule has 1 N–H and O–H groups in total. The van der Waals surface area contributed by atoms with Gasteiger partial charge in [0.05, 0.1) is 6.10 Å². The second-order valence-corrected chi connectivity index (χ2v) is 3.97. The van der Waals surface area contributed by atoms with Crippen LogP contribution >= 0.6 is 0 Å². The van der Waals surface area contributed by atoms with Crippen molar-refractivity contribution in [3.8, 4) is 0 Å². The van der Waals surface area contributed by atoms with Gasteiger partial charge in [0.2, 0.25) is 6.29 Å². The smallest absolute Gasteiger partial charge is 0.409 e. The number of hydrogen-bond donors (Lipinski definition) is 1. The van der Waals surface area contributed by atoms with Crippen LogP contribution in [0, 0.1) is 0 Å². The Morgan fingerprint density at radius 1 is 1.06 bits per heavy atom. The van der Waals surface area contributed by atoms with E-state index >= 15 is 0 Å². The number of carbonyl (C=O) groups excluding carboxylic acids is 1. The highest BCUT2D eigenvalue weighted by molar-refractivity contribution is 5.66. The first-order valence-electron chi connectivity index (χ1n) is 5.71. The lowest BCUT2D eigenvalue weighted by atomic mass is 9.99. The minimum Gasteiger partial charge on any atom is -0.417 e. The molecule has 1 rings (SSSR count). The van der Waals surface area contributed by atoms with E-state index in [0.717, 1.165) is 0 Å². The minimum atomic E-state index is -0.832. The van der Waals surface area contributed by atoms with Crippen molar-refractivity contribution in [2.75, 3.05) is 28.4 Å². The largest absolute Gasteiger partial charge is 0.417 e. The summed E-state index contributed by atoms with van der Waals surface area (Å²) in [7, 11) is 6.10. The van der Waals surface area contributed by atoms with Crippen LogP contribution in [0.1, 0.15) is 6.92 Å². The van der Waals surface area contributed by atoms with Crippen molar-refractivity contribution >= 4 is 6.09 Å². The van der Waals surface area contributed by atoms with Crippen LogP contribution < -0.4 is 5.32 Å². The van der Waals surface area contributed by atoms with Gasteiger partial charge in [-0.05, 0) is 6.92 Å². The van der Waals surface area contributed by atoms with Gasteiger partial charge in [0.25, 0.3) is 0 Å². The average molecular weight is 263 g/mol. The first-order valence-corrected chi connectivity index (χ1v) is 5.71. The third kappa shape index (κ3) is 3.11. The number of ether oxygens (including phenoxy) is 5. The maximum absolute atomic E-state index is 11.3. The van der Waals surface area contributed by atoms with Crippen LogP contribution in [0.2, 0.25) is 0 Å². The Hall–Kier alpha value is -0.890. The molecule has 1 aliphatic rings. The lowest BCUT2D eigenvalue weighted by molar-refractivity contribution is -0.289. The Balaban J connectivity index is 2.82. The Morgan fingerprint density at radius 2 is 1.61 bits per heavy atom. The van der Waals surface area contributed by atoms with Crippen molar-refractivity contribution in [1.29, 1.82) is 0 Å². The van der Waals surface area contributed by atoms with Crippen LogP contribution in [-0.4, -0.2) is 65.2 Å². The summed E-state index contributed by atoms with van der Waals surface area (Å²) in [4.78, 5) is 11.3. The molecule has 0 aromatic rings. The summed E-state index contributed by atoms with van der Waals surface area (Å²) in [6.07, 6.45) is -2.90. The van der Waals surface area contributed by atoms with E-state index in [4.69, 9.17) is 23.7 Å². The van der Waals surface area contributed by atoms with Gasteiger partial charge in [-0.15, -0.1) is 0 Å². The highest BCUT2D eigenvalue weighted by Gasteiger charge is 2.47. The summed E-state index contributed by atoms with van der Waals surface area (Å²) in [6.45, 7) is 1.83. The van der Waals surface area contributed by atoms with Gasteiger partial charge in [-0.25, -0.2) is 4.79 Å². The van der Waals surface area contributed by atoms with Crippen molar-refractivity contribution < 1.29 is 28.5 Å². The summed E-state index contributed by atoms with van der Waals surface area (Å²) in [5.74, 6) is 0. The van der Waals surface area contributed by atoms with E-state index in [1.165, 1.54) is 14.2 Å².